The third-order valence-corrected chi connectivity index (χ3v) is 6.11. The first-order chi connectivity index (χ1) is 15.0. The summed E-state index contributed by atoms with van der Waals surface area (Å²) in [6.45, 7) is 3.18. The molecule has 2 aromatic heterocycles. The van der Waals surface area contributed by atoms with Crippen molar-refractivity contribution in [1.29, 1.82) is 0 Å². The summed E-state index contributed by atoms with van der Waals surface area (Å²) in [7, 11) is 3.99. The molecule has 2 heterocycles. The van der Waals surface area contributed by atoms with Crippen molar-refractivity contribution in [2.45, 2.75) is 13.3 Å². The zero-order chi connectivity index (χ0) is 22.0. The van der Waals surface area contributed by atoms with Crippen molar-refractivity contribution in [3.05, 3.63) is 71.8 Å². The van der Waals surface area contributed by atoms with Gasteiger partial charge < -0.3 is 4.90 Å². The molecule has 0 saturated carbocycles. The molecule has 0 bridgehead atoms. The number of fused-ring (bicyclic) bond motifs is 1. The molecule has 0 atom stereocenters. The van der Waals surface area contributed by atoms with E-state index in [-0.39, 0.29) is 24.1 Å². The SMILES string of the molecule is Cc1c(C(=O)N(CCCN(C)C)c2nc3c(F)cccc3s2)cnn1-c1ccccc1.Cl. The van der Waals surface area contributed by atoms with Crippen LogP contribution >= 0.6 is 23.7 Å². The van der Waals surface area contributed by atoms with Gasteiger partial charge in [0.2, 0.25) is 0 Å². The maximum absolute atomic E-state index is 14.2. The van der Waals surface area contributed by atoms with E-state index in [4.69, 9.17) is 0 Å². The van der Waals surface area contributed by atoms with Gasteiger partial charge in [-0.3, -0.25) is 9.69 Å². The Bertz CT molecular complexity index is 1210. The molecular weight excluding hydrogens is 449 g/mol. The standard InChI is InChI=1S/C23H24FN5OS.ClH/c1-16-18(15-25-29(16)17-9-5-4-6-10-17)22(30)28(14-8-13-27(2)3)23-26-21-19(24)11-7-12-20(21)31-23;/h4-7,9-12,15H,8,13-14H2,1-3H3;1H. The lowest BCUT2D eigenvalue weighted by molar-refractivity contribution is 0.0985. The second kappa shape index (κ2) is 10.2. The number of halogens is 2. The van der Waals surface area contributed by atoms with E-state index in [9.17, 15) is 9.18 Å². The quantitative estimate of drug-likeness (QED) is 0.381. The molecule has 0 unspecified atom stereocenters. The normalized spacial score (nSPS) is 11.0. The van der Waals surface area contributed by atoms with E-state index in [1.807, 2.05) is 57.4 Å². The summed E-state index contributed by atoms with van der Waals surface area (Å²) < 4.78 is 16.7. The molecule has 4 aromatic rings. The fourth-order valence-electron chi connectivity index (χ4n) is 3.44. The van der Waals surface area contributed by atoms with Gasteiger partial charge in [-0.1, -0.05) is 35.6 Å². The van der Waals surface area contributed by atoms with E-state index in [0.717, 1.165) is 29.0 Å². The number of aromatic nitrogens is 3. The summed E-state index contributed by atoms with van der Waals surface area (Å²) in [5.74, 6) is -0.563. The van der Waals surface area contributed by atoms with E-state index >= 15 is 0 Å². The largest absolute Gasteiger partial charge is 0.309 e. The Morgan fingerprint density at radius 1 is 1.09 bits per heavy atom. The first kappa shape index (κ1) is 23.8. The van der Waals surface area contributed by atoms with Crippen molar-refractivity contribution >= 4 is 45.0 Å². The third kappa shape index (κ3) is 4.82. The molecule has 0 aliphatic carbocycles. The van der Waals surface area contributed by atoms with Crippen LogP contribution in [0.1, 0.15) is 22.5 Å². The summed E-state index contributed by atoms with van der Waals surface area (Å²) in [5.41, 5.74) is 2.44. The van der Waals surface area contributed by atoms with Gasteiger partial charge in [0.1, 0.15) is 11.3 Å². The van der Waals surface area contributed by atoms with E-state index in [1.165, 1.54) is 17.4 Å². The van der Waals surface area contributed by atoms with Crippen LogP contribution < -0.4 is 4.90 Å². The highest BCUT2D eigenvalue weighted by Gasteiger charge is 2.25. The number of benzene rings is 2. The number of hydrogen-bond acceptors (Lipinski definition) is 5. The van der Waals surface area contributed by atoms with Crippen molar-refractivity contribution in [2.75, 3.05) is 32.1 Å². The maximum Gasteiger partial charge on any atom is 0.263 e. The minimum atomic E-state index is -0.381. The number of amides is 1. The lowest BCUT2D eigenvalue weighted by Crippen LogP contribution is -2.33. The molecule has 9 heteroatoms. The average Bonchev–Trinajstić information content (AvgIpc) is 3.36. The molecule has 0 N–H and O–H groups in total. The van der Waals surface area contributed by atoms with Gasteiger partial charge in [-0.05, 0) is 58.3 Å². The molecule has 0 spiro atoms. The molecule has 32 heavy (non-hydrogen) atoms. The Kier molecular flexibility index (Phi) is 7.60. The molecule has 0 saturated heterocycles. The van der Waals surface area contributed by atoms with Crippen LogP contribution in [0.4, 0.5) is 9.52 Å². The Morgan fingerprint density at radius 3 is 2.53 bits per heavy atom. The van der Waals surface area contributed by atoms with Gasteiger partial charge >= 0.3 is 0 Å². The predicted molar refractivity (Wildman–Crippen MR) is 130 cm³/mol. The maximum atomic E-state index is 14.2. The van der Waals surface area contributed by atoms with Crippen LogP contribution in [0.25, 0.3) is 15.9 Å². The highest BCUT2D eigenvalue weighted by molar-refractivity contribution is 7.22. The van der Waals surface area contributed by atoms with Gasteiger partial charge in [0.05, 0.1) is 27.8 Å². The van der Waals surface area contributed by atoms with Crippen LogP contribution in [-0.2, 0) is 0 Å². The molecule has 6 nitrogen and oxygen atoms in total. The fraction of sp³-hybridized carbons (Fsp3) is 0.261. The second-order valence-electron chi connectivity index (χ2n) is 7.59. The van der Waals surface area contributed by atoms with E-state index in [0.29, 0.717) is 22.8 Å². The monoisotopic (exact) mass is 473 g/mol. The Balaban J connectivity index is 0.00000289. The highest BCUT2D eigenvalue weighted by atomic mass is 35.5. The molecular formula is C23H25ClFN5OS. The summed E-state index contributed by atoms with van der Waals surface area (Å²) >= 11 is 1.32. The van der Waals surface area contributed by atoms with Gasteiger partial charge in [-0.2, -0.15) is 5.10 Å². The third-order valence-electron chi connectivity index (χ3n) is 5.06. The number of carbonyl (C=O) groups excluding carboxylic acids is 1. The minimum Gasteiger partial charge on any atom is -0.309 e. The van der Waals surface area contributed by atoms with Crippen LogP contribution in [0.15, 0.2) is 54.7 Å². The van der Waals surface area contributed by atoms with E-state index < -0.39 is 0 Å². The second-order valence-corrected chi connectivity index (χ2v) is 8.60. The van der Waals surface area contributed by atoms with Crippen molar-refractivity contribution in [3.63, 3.8) is 0 Å². The first-order valence-corrected chi connectivity index (χ1v) is 10.9. The van der Waals surface area contributed by atoms with Crippen molar-refractivity contribution in [3.8, 4) is 5.69 Å². The summed E-state index contributed by atoms with van der Waals surface area (Å²) in [6, 6.07) is 14.6. The van der Waals surface area contributed by atoms with Crippen molar-refractivity contribution in [2.24, 2.45) is 0 Å². The molecule has 0 aliphatic heterocycles. The molecule has 2 aromatic carbocycles. The van der Waals surface area contributed by atoms with E-state index in [1.54, 1.807) is 21.8 Å². The zero-order valence-electron chi connectivity index (χ0n) is 18.2. The van der Waals surface area contributed by atoms with Gasteiger partial charge in [0.15, 0.2) is 5.13 Å². The van der Waals surface area contributed by atoms with Gasteiger partial charge in [-0.15, -0.1) is 12.4 Å². The van der Waals surface area contributed by atoms with Crippen LogP contribution in [0.2, 0.25) is 0 Å². The first-order valence-electron chi connectivity index (χ1n) is 10.1. The van der Waals surface area contributed by atoms with E-state index in [2.05, 4.69) is 15.0 Å². The molecule has 4 rings (SSSR count). The highest BCUT2D eigenvalue weighted by Crippen LogP contribution is 2.31. The number of anilines is 1. The summed E-state index contributed by atoms with van der Waals surface area (Å²) in [6.07, 6.45) is 2.36. The molecule has 0 fully saturated rings. The van der Waals surface area contributed by atoms with Gasteiger partial charge in [0.25, 0.3) is 5.91 Å². The number of hydrogen-bond donors (Lipinski definition) is 0. The lowest BCUT2D eigenvalue weighted by atomic mass is 10.2. The van der Waals surface area contributed by atoms with Crippen LogP contribution in [0.3, 0.4) is 0 Å². The topological polar surface area (TPSA) is 54.3 Å². The van der Waals surface area contributed by atoms with Crippen LogP contribution in [-0.4, -0.2) is 52.8 Å². The molecule has 0 aliphatic rings. The minimum absolute atomic E-state index is 0. The summed E-state index contributed by atoms with van der Waals surface area (Å²) in [4.78, 5) is 21.8. The molecule has 0 radical (unpaired) electrons. The van der Waals surface area contributed by atoms with Crippen molar-refractivity contribution in [1.82, 2.24) is 19.7 Å². The number of para-hydroxylation sites is 2. The Morgan fingerprint density at radius 2 is 1.84 bits per heavy atom. The van der Waals surface area contributed by atoms with Gasteiger partial charge in [-0.25, -0.2) is 14.1 Å². The number of thiazole rings is 1. The fourth-order valence-corrected chi connectivity index (χ4v) is 4.45. The van der Waals surface area contributed by atoms with Gasteiger partial charge in [0, 0.05) is 6.54 Å². The smallest absolute Gasteiger partial charge is 0.263 e. The summed E-state index contributed by atoms with van der Waals surface area (Å²) in [5, 5.41) is 4.93. The van der Waals surface area contributed by atoms with Crippen molar-refractivity contribution < 1.29 is 9.18 Å². The molecule has 1 amide bonds. The number of nitrogens with zero attached hydrogens (tertiary/aromatic N) is 5. The van der Waals surface area contributed by atoms with Crippen LogP contribution in [0.5, 0.6) is 0 Å². The number of carbonyl (C=O) groups is 1. The molecule has 168 valence electrons. The Labute approximate surface area is 196 Å². The van der Waals surface area contributed by atoms with Crippen LogP contribution in [0, 0.1) is 12.7 Å². The number of rotatable bonds is 7. The predicted octanol–water partition coefficient (Wildman–Crippen LogP) is 4.95. The average molecular weight is 474 g/mol. The Hall–Kier alpha value is -2.81. The zero-order valence-corrected chi connectivity index (χ0v) is 19.8. The lowest BCUT2D eigenvalue weighted by Gasteiger charge is -2.21.